The summed E-state index contributed by atoms with van der Waals surface area (Å²) >= 11 is 0. The van der Waals surface area contributed by atoms with Crippen molar-refractivity contribution in [2.75, 3.05) is 6.61 Å². The van der Waals surface area contributed by atoms with E-state index in [-0.39, 0.29) is 5.97 Å². The van der Waals surface area contributed by atoms with E-state index < -0.39 is 0 Å². The van der Waals surface area contributed by atoms with Crippen LogP contribution in [0.3, 0.4) is 0 Å². The lowest BCUT2D eigenvalue weighted by Crippen LogP contribution is -2.05. The largest absolute Gasteiger partial charge is 0.466 e. The van der Waals surface area contributed by atoms with Crippen LogP contribution in [0.2, 0.25) is 0 Å². The summed E-state index contributed by atoms with van der Waals surface area (Å²) in [7, 11) is 0. The van der Waals surface area contributed by atoms with Crippen LogP contribution in [-0.2, 0) is 9.53 Å². The Bertz CT molecular complexity index is 852. The van der Waals surface area contributed by atoms with Crippen molar-refractivity contribution < 1.29 is 9.53 Å². The average molecular weight is 944 g/mol. The molecular weight excluding hydrogens is 813 g/mol. The number of carbonyl (C=O) groups excluding carboxylic acids is 1. The molecule has 0 unspecified atom stereocenters. The fraction of sp³-hybridized carbons (Fsp3) is 0.985. The first kappa shape index (κ1) is 66.5. The van der Waals surface area contributed by atoms with E-state index in [1.165, 1.54) is 372 Å². The number of hydrogen-bond acceptors (Lipinski definition) is 2. The van der Waals surface area contributed by atoms with Crippen molar-refractivity contribution >= 4 is 5.97 Å². The van der Waals surface area contributed by atoms with Crippen molar-refractivity contribution in [3.8, 4) is 0 Å². The van der Waals surface area contributed by atoms with E-state index in [1.54, 1.807) is 0 Å². The summed E-state index contributed by atoms with van der Waals surface area (Å²) in [5.74, 6) is 0.0375. The van der Waals surface area contributed by atoms with Gasteiger partial charge in [0.05, 0.1) is 6.61 Å². The molecule has 0 heterocycles. The second-order valence-corrected chi connectivity index (χ2v) is 22.5. The summed E-state index contributed by atoms with van der Waals surface area (Å²) in [6.07, 6.45) is 86.2. The molecule has 2 heteroatoms. The smallest absolute Gasteiger partial charge is 0.305 e. The topological polar surface area (TPSA) is 26.3 Å². The van der Waals surface area contributed by atoms with Gasteiger partial charge in [0.2, 0.25) is 0 Å². The number of hydrogen-bond donors (Lipinski definition) is 0. The van der Waals surface area contributed by atoms with Crippen LogP contribution >= 0.6 is 0 Å². The zero-order chi connectivity index (χ0) is 48.1. The quantitative estimate of drug-likeness (QED) is 0.0449. The minimum absolute atomic E-state index is 0.0375. The predicted molar refractivity (Wildman–Crippen MR) is 304 cm³/mol. The Balaban J connectivity index is 3.14. The number of carbonyl (C=O) groups is 1. The summed E-state index contributed by atoms with van der Waals surface area (Å²) in [5, 5.41) is 0. The Morgan fingerprint density at radius 2 is 0.328 bits per heavy atom. The number of ether oxygens (including phenoxy) is 1. The molecule has 0 N–H and O–H groups in total. The molecule has 0 radical (unpaired) electrons. The van der Waals surface area contributed by atoms with Gasteiger partial charge in [-0.3, -0.25) is 4.79 Å². The first-order valence-corrected chi connectivity index (χ1v) is 32.5. The SMILES string of the molecule is CCCCCCCCCCCCCCCCCCCCCCCCCCCCCCCCCCCCC(=O)OCCCCCCCCCCCCCCCCCCCCCCCCCCCC. The van der Waals surface area contributed by atoms with Crippen molar-refractivity contribution in [3.05, 3.63) is 0 Å². The maximum Gasteiger partial charge on any atom is 0.305 e. The van der Waals surface area contributed by atoms with Gasteiger partial charge in [-0.25, -0.2) is 0 Å². The standard InChI is InChI=1S/C65H130O2/c1-3-5-7-9-11-13-15-17-19-21-23-25-27-29-31-32-33-34-35-36-37-38-39-41-43-45-47-49-51-53-55-57-59-61-63-65(66)67-64-62-60-58-56-54-52-50-48-46-44-42-40-30-28-26-24-22-20-18-16-14-12-10-8-6-4-2/h3-64H2,1-2H3. The van der Waals surface area contributed by atoms with Crippen molar-refractivity contribution in [3.63, 3.8) is 0 Å². The van der Waals surface area contributed by atoms with E-state index in [2.05, 4.69) is 13.8 Å². The number of rotatable bonds is 62. The van der Waals surface area contributed by atoms with Gasteiger partial charge in [0.1, 0.15) is 0 Å². The molecule has 0 aromatic heterocycles. The van der Waals surface area contributed by atoms with Crippen LogP contribution < -0.4 is 0 Å². The van der Waals surface area contributed by atoms with Crippen LogP contribution in [0, 0.1) is 0 Å². The van der Waals surface area contributed by atoms with Gasteiger partial charge in [-0.15, -0.1) is 0 Å². The summed E-state index contributed by atoms with van der Waals surface area (Å²) in [5.41, 5.74) is 0. The zero-order valence-corrected chi connectivity index (χ0v) is 47.2. The lowest BCUT2D eigenvalue weighted by atomic mass is 10.0. The van der Waals surface area contributed by atoms with Crippen LogP contribution in [0.15, 0.2) is 0 Å². The van der Waals surface area contributed by atoms with Gasteiger partial charge in [-0.05, 0) is 12.8 Å². The Morgan fingerprint density at radius 1 is 0.194 bits per heavy atom. The van der Waals surface area contributed by atoms with Crippen LogP contribution in [-0.4, -0.2) is 12.6 Å². The molecule has 0 spiro atoms. The average Bonchev–Trinajstić information content (AvgIpc) is 3.33. The molecule has 0 aliphatic heterocycles. The van der Waals surface area contributed by atoms with Crippen molar-refractivity contribution in [1.29, 1.82) is 0 Å². The molecule has 0 saturated carbocycles. The monoisotopic (exact) mass is 943 g/mol. The predicted octanol–water partition coefficient (Wildman–Crippen LogP) is 24.4. The van der Waals surface area contributed by atoms with Crippen LogP contribution in [0.25, 0.3) is 0 Å². The number of esters is 1. The molecule has 2 nitrogen and oxygen atoms in total. The van der Waals surface area contributed by atoms with E-state index in [0.29, 0.717) is 13.0 Å². The number of unbranched alkanes of at least 4 members (excludes halogenated alkanes) is 58. The molecule has 0 bridgehead atoms. The van der Waals surface area contributed by atoms with Crippen LogP contribution in [0.1, 0.15) is 406 Å². The lowest BCUT2D eigenvalue weighted by Gasteiger charge is -2.06. The van der Waals surface area contributed by atoms with Crippen molar-refractivity contribution in [1.82, 2.24) is 0 Å². The van der Waals surface area contributed by atoms with Crippen LogP contribution in [0.5, 0.6) is 0 Å². The third-order valence-electron chi connectivity index (χ3n) is 15.5. The van der Waals surface area contributed by atoms with Gasteiger partial charge in [-0.2, -0.15) is 0 Å². The van der Waals surface area contributed by atoms with Gasteiger partial charge in [-0.1, -0.05) is 386 Å². The second-order valence-electron chi connectivity index (χ2n) is 22.5. The Kier molecular flexibility index (Phi) is 63.0. The minimum atomic E-state index is 0.0375. The van der Waals surface area contributed by atoms with Crippen molar-refractivity contribution in [2.24, 2.45) is 0 Å². The Labute approximate surface area is 425 Å². The molecule has 0 saturated heterocycles. The van der Waals surface area contributed by atoms with Gasteiger partial charge in [0, 0.05) is 6.42 Å². The van der Waals surface area contributed by atoms with E-state index in [1.807, 2.05) is 0 Å². The van der Waals surface area contributed by atoms with E-state index in [0.717, 1.165) is 12.8 Å². The second kappa shape index (κ2) is 63.5. The third-order valence-corrected chi connectivity index (χ3v) is 15.5. The molecule has 0 aromatic rings. The van der Waals surface area contributed by atoms with E-state index in [9.17, 15) is 4.79 Å². The molecule has 67 heavy (non-hydrogen) atoms. The van der Waals surface area contributed by atoms with Gasteiger partial charge < -0.3 is 4.74 Å². The summed E-state index contributed by atoms with van der Waals surface area (Å²) in [4.78, 5) is 12.1. The lowest BCUT2D eigenvalue weighted by molar-refractivity contribution is -0.143. The van der Waals surface area contributed by atoms with Gasteiger partial charge in [0.15, 0.2) is 0 Å². The molecule has 0 aliphatic rings. The summed E-state index contributed by atoms with van der Waals surface area (Å²) in [6.45, 7) is 5.25. The molecule has 0 atom stereocenters. The third kappa shape index (κ3) is 63.5. The maximum absolute atomic E-state index is 12.1. The first-order valence-electron chi connectivity index (χ1n) is 32.5. The summed E-state index contributed by atoms with van der Waals surface area (Å²) in [6, 6.07) is 0. The zero-order valence-electron chi connectivity index (χ0n) is 47.2. The highest BCUT2D eigenvalue weighted by atomic mass is 16.5. The van der Waals surface area contributed by atoms with E-state index in [4.69, 9.17) is 4.74 Å². The molecule has 0 aliphatic carbocycles. The van der Waals surface area contributed by atoms with Crippen LogP contribution in [0.4, 0.5) is 0 Å². The Morgan fingerprint density at radius 3 is 0.493 bits per heavy atom. The molecule has 0 fully saturated rings. The van der Waals surface area contributed by atoms with Gasteiger partial charge in [0.25, 0.3) is 0 Å². The summed E-state index contributed by atoms with van der Waals surface area (Å²) < 4.78 is 5.53. The Hall–Kier alpha value is -0.530. The van der Waals surface area contributed by atoms with Crippen molar-refractivity contribution in [2.45, 2.75) is 406 Å². The highest BCUT2D eigenvalue weighted by Gasteiger charge is 2.04. The normalized spacial score (nSPS) is 11.6. The fourth-order valence-electron chi connectivity index (χ4n) is 10.7. The minimum Gasteiger partial charge on any atom is -0.466 e. The highest BCUT2D eigenvalue weighted by Crippen LogP contribution is 2.19. The molecule has 0 aromatic carbocycles. The fourth-order valence-corrected chi connectivity index (χ4v) is 10.7. The molecule has 0 amide bonds. The molecular formula is C65H130O2. The first-order chi connectivity index (χ1) is 33.3. The molecule has 0 rings (SSSR count). The van der Waals surface area contributed by atoms with Gasteiger partial charge >= 0.3 is 5.97 Å². The highest BCUT2D eigenvalue weighted by molar-refractivity contribution is 5.69. The molecule has 402 valence electrons. The maximum atomic E-state index is 12.1. The van der Waals surface area contributed by atoms with E-state index >= 15 is 0 Å².